The second-order valence-electron chi connectivity index (χ2n) is 6.89. The lowest BCUT2D eigenvalue weighted by molar-refractivity contribution is -0.118. The van der Waals surface area contributed by atoms with Gasteiger partial charge in [0.25, 0.3) is 5.91 Å². The van der Waals surface area contributed by atoms with Gasteiger partial charge >= 0.3 is 0 Å². The van der Waals surface area contributed by atoms with Crippen molar-refractivity contribution < 1.29 is 13.9 Å². The molecule has 164 valence electrons. The van der Waals surface area contributed by atoms with E-state index < -0.39 is 5.91 Å². The van der Waals surface area contributed by atoms with E-state index in [2.05, 4.69) is 11.4 Å². The number of ether oxygens (including phenoxy) is 1. The first-order valence-corrected chi connectivity index (χ1v) is 10.9. The Hall–Kier alpha value is -3.43. The third-order valence-corrected chi connectivity index (χ3v) is 5.72. The summed E-state index contributed by atoms with van der Waals surface area (Å²) in [5.74, 6) is 0.170. The number of carbonyl (C=O) groups excluding carboxylic acids is 1. The number of furan rings is 1. The molecule has 0 aliphatic heterocycles. The molecule has 5 nitrogen and oxygen atoms in total. The Morgan fingerprint density at radius 1 is 0.909 bits per heavy atom. The molecule has 0 bridgehead atoms. The van der Waals surface area contributed by atoms with Gasteiger partial charge in [0.2, 0.25) is 5.88 Å². The number of nitriles is 1. The van der Waals surface area contributed by atoms with Crippen LogP contribution in [0.2, 0.25) is 15.1 Å². The van der Waals surface area contributed by atoms with E-state index in [0.717, 1.165) is 11.1 Å². The van der Waals surface area contributed by atoms with E-state index >= 15 is 0 Å². The lowest BCUT2D eigenvalue weighted by Gasteiger charge is -2.09. The van der Waals surface area contributed by atoms with Gasteiger partial charge in [0.05, 0.1) is 15.1 Å². The van der Waals surface area contributed by atoms with Crippen LogP contribution >= 0.6 is 34.8 Å². The molecule has 1 N–H and O–H groups in total. The Morgan fingerprint density at radius 3 is 2.15 bits per heavy atom. The number of carbonyl (C=O) groups is 1. The van der Waals surface area contributed by atoms with Crippen LogP contribution in [0.5, 0.6) is 5.75 Å². The maximum Gasteiger partial charge on any atom is 0.264 e. The molecule has 3 aromatic carbocycles. The normalized spacial score (nSPS) is 10.5. The van der Waals surface area contributed by atoms with Gasteiger partial charge in [-0.1, -0.05) is 95.5 Å². The van der Waals surface area contributed by atoms with Gasteiger partial charge in [-0.2, -0.15) is 5.26 Å². The van der Waals surface area contributed by atoms with Crippen LogP contribution in [0.4, 0.5) is 5.88 Å². The first kappa shape index (κ1) is 22.8. The highest BCUT2D eigenvalue weighted by molar-refractivity contribution is 6.43. The summed E-state index contributed by atoms with van der Waals surface area (Å²) in [6, 6.07) is 23.7. The summed E-state index contributed by atoms with van der Waals surface area (Å²) >= 11 is 18.0. The molecular formula is C25H15Cl3N2O3. The quantitative estimate of drug-likeness (QED) is 0.280. The van der Waals surface area contributed by atoms with E-state index in [0.29, 0.717) is 11.3 Å². The van der Waals surface area contributed by atoms with Crippen molar-refractivity contribution in [1.29, 1.82) is 5.26 Å². The lowest BCUT2D eigenvalue weighted by atomic mass is 9.98. The average Bonchev–Trinajstić information content (AvgIpc) is 3.19. The van der Waals surface area contributed by atoms with Crippen molar-refractivity contribution in [2.45, 2.75) is 0 Å². The van der Waals surface area contributed by atoms with Gasteiger partial charge < -0.3 is 9.15 Å². The largest absolute Gasteiger partial charge is 0.482 e. The minimum Gasteiger partial charge on any atom is -0.482 e. The molecule has 0 fully saturated rings. The Labute approximate surface area is 205 Å². The van der Waals surface area contributed by atoms with E-state index in [4.69, 9.17) is 44.0 Å². The summed E-state index contributed by atoms with van der Waals surface area (Å²) in [5.41, 5.74) is 2.36. The molecule has 8 heteroatoms. The van der Waals surface area contributed by atoms with Crippen LogP contribution in [-0.4, -0.2) is 12.5 Å². The molecular weight excluding hydrogens is 483 g/mol. The highest BCUT2D eigenvalue weighted by Gasteiger charge is 2.24. The number of amides is 1. The standard InChI is InChI=1S/C25H15Cl3N2O3/c26-18-11-20(28)21(12-19(18)27)32-14-22(31)30-25-17(13-29)23(15-7-3-1-4-8-15)24(33-25)16-9-5-2-6-10-16/h1-12H,14H2,(H,30,31). The molecule has 0 aliphatic carbocycles. The number of halogens is 3. The van der Waals surface area contributed by atoms with Crippen molar-refractivity contribution in [3.05, 3.63) is 93.4 Å². The molecule has 4 rings (SSSR count). The zero-order chi connectivity index (χ0) is 23.4. The average molecular weight is 498 g/mol. The maximum absolute atomic E-state index is 12.6. The van der Waals surface area contributed by atoms with Crippen molar-refractivity contribution in [2.24, 2.45) is 0 Å². The molecule has 4 aromatic rings. The van der Waals surface area contributed by atoms with Crippen molar-refractivity contribution in [3.8, 4) is 34.3 Å². The Balaban J connectivity index is 1.64. The van der Waals surface area contributed by atoms with E-state index in [9.17, 15) is 10.1 Å². The summed E-state index contributed by atoms with van der Waals surface area (Å²) < 4.78 is 11.5. The number of hydrogen-bond acceptors (Lipinski definition) is 4. The number of nitrogens with one attached hydrogen (secondary N) is 1. The summed E-state index contributed by atoms with van der Waals surface area (Å²) in [5, 5.41) is 13.3. The van der Waals surface area contributed by atoms with Crippen molar-refractivity contribution >= 4 is 46.6 Å². The van der Waals surface area contributed by atoms with Crippen molar-refractivity contribution in [3.63, 3.8) is 0 Å². The van der Waals surface area contributed by atoms with Gasteiger partial charge in [-0.25, -0.2) is 0 Å². The summed E-state index contributed by atoms with van der Waals surface area (Å²) in [6.45, 7) is -0.384. The van der Waals surface area contributed by atoms with Crippen LogP contribution in [0.25, 0.3) is 22.5 Å². The Kier molecular flexibility index (Phi) is 6.90. The van der Waals surface area contributed by atoms with Crippen LogP contribution < -0.4 is 10.1 Å². The third-order valence-electron chi connectivity index (χ3n) is 4.71. The summed E-state index contributed by atoms with van der Waals surface area (Å²) in [7, 11) is 0. The Bertz CT molecular complexity index is 1350. The number of benzene rings is 3. The van der Waals surface area contributed by atoms with Crippen LogP contribution in [0.1, 0.15) is 5.56 Å². The topological polar surface area (TPSA) is 75.3 Å². The van der Waals surface area contributed by atoms with Crippen LogP contribution in [0.3, 0.4) is 0 Å². The van der Waals surface area contributed by atoms with Gasteiger partial charge in [-0.15, -0.1) is 0 Å². The first-order chi connectivity index (χ1) is 16.0. The lowest BCUT2D eigenvalue weighted by Crippen LogP contribution is -2.20. The van der Waals surface area contributed by atoms with Gasteiger partial charge in [-0.3, -0.25) is 10.1 Å². The third kappa shape index (κ3) is 4.99. The maximum atomic E-state index is 12.6. The summed E-state index contributed by atoms with van der Waals surface area (Å²) in [6.07, 6.45) is 0. The van der Waals surface area contributed by atoms with Crippen LogP contribution in [-0.2, 0) is 4.79 Å². The fourth-order valence-electron chi connectivity index (χ4n) is 3.22. The predicted molar refractivity (Wildman–Crippen MR) is 130 cm³/mol. The SMILES string of the molecule is N#Cc1c(NC(=O)COc2cc(Cl)c(Cl)cc2Cl)oc(-c2ccccc2)c1-c1ccccc1. The zero-order valence-corrected chi connectivity index (χ0v) is 19.2. The molecule has 0 atom stereocenters. The number of rotatable bonds is 6. The molecule has 0 saturated carbocycles. The molecule has 0 aliphatic rings. The fraction of sp³-hybridized carbons (Fsp3) is 0.0400. The van der Waals surface area contributed by atoms with E-state index in [1.807, 2.05) is 60.7 Å². The molecule has 1 aromatic heterocycles. The zero-order valence-electron chi connectivity index (χ0n) is 16.9. The first-order valence-electron chi connectivity index (χ1n) is 9.73. The molecule has 0 unspecified atom stereocenters. The smallest absolute Gasteiger partial charge is 0.264 e. The van der Waals surface area contributed by atoms with Crippen molar-refractivity contribution in [2.75, 3.05) is 11.9 Å². The molecule has 0 spiro atoms. The summed E-state index contributed by atoms with van der Waals surface area (Å²) in [4.78, 5) is 12.6. The van der Waals surface area contributed by atoms with E-state index in [-0.39, 0.29) is 38.9 Å². The highest BCUT2D eigenvalue weighted by Crippen LogP contribution is 2.41. The van der Waals surface area contributed by atoms with Gasteiger partial charge in [0.1, 0.15) is 23.1 Å². The van der Waals surface area contributed by atoms with Crippen LogP contribution in [0, 0.1) is 11.3 Å². The minimum atomic E-state index is -0.540. The molecule has 0 saturated heterocycles. The van der Waals surface area contributed by atoms with Gasteiger partial charge in [0.15, 0.2) is 6.61 Å². The van der Waals surface area contributed by atoms with Crippen molar-refractivity contribution in [1.82, 2.24) is 0 Å². The molecule has 33 heavy (non-hydrogen) atoms. The van der Waals surface area contributed by atoms with E-state index in [1.165, 1.54) is 12.1 Å². The minimum absolute atomic E-state index is 0.0315. The van der Waals surface area contributed by atoms with Gasteiger partial charge in [0, 0.05) is 17.2 Å². The second-order valence-corrected chi connectivity index (χ2v) is 8.11. The monoisotopic (exact) mass is 496 g/mol. The predicted octanol–water partition coefficient (Wildman–Crippen LogP) is 7.46. The number of nitrogens with zero attached hydrogens (tertiary/aromatic N) is 1. The molecule has 1 heterocycles. The van der Waals surface area contributed by atoms with Crippen LogP contribution in [0.15, 0.2) is 77.2 Å². The molecule has 1 amide bonds. The molecule has 0 radical (unpaired) electrons. The highest BCUT2D eigenvalue weighted by atomic mass is 35.5. The number of anilines is 1. The number of hydrogen-bond donors (Lipinski definition) is 1. The van der Waals surface area contributed by atoms with E-state index in [1.54, 1.807) is 0 Å². The Morgan fingerprint density at radius 2 is 1.52 bits per heavy atom. The van der Waals surface area contributed by atoms with Gasteiger partial charge in [-0.05, 0) is 11.6 Å². The fourth-order valence-corrected chi connectivity index (χ4v) is 3.81. The second kappa shape index (κ2) is 10.0.